The van der Waals surface area contributed by atoms with Crippen LogP contribution in [0, 0.1) is 6.92 Å². The van der Waals surface area contributed by atoms with Crippen molar-refractivity contribution in [3.05, 3.63) is 24.3 Å². The van der Waals surface area contributed by atoms with Crippen molar-refractivity contribution in [3.63, 3.8) is 0 Å². The smallest absolute Gasteiger partial charge is 0.300 e. The molecular formula is C7H13N3O2. The van der Waals surface area contributed by atoms with Crippen molar-refractivity contribution in [2.24, 2.45) is 0 Å². The van der Waals surface area contributed by atoms with Crippen LogP contribution in [-0.2, 0) is 4.79 Å². The monoisotopic (exact) mass is 171 g/mol. The van der Waals surface area contributed by atoms with Crippen LogP contribution >= 0.6 is 0 Å². The average Bonchev–Trinajstić information content (AvgIpc) is 1.87. The van der Waals surface area contributed by atoms with Crippen LogP contribution in [0.2, 0.25) is 0 Å². The fraction of sp³-hybridized carbons (Fsp3) is 0.286. The molecule has 0 aromatic carbocycles. The van der Waals surface area contributed by atoms with E-state index in [1.807, 2.05) is 6.92 Å². The molecular weight excluding hydrogens is 158 g/mol. The number of hydrogen-bond acceptors (Lipinski definition) is 4. The molecule has 1 aromatic heterocycles. The summed E-state index contributed by atoms with van der Waals surface area (Å²) >= 11 is 0. The van der Waals surface area contributed by atoms with Gasteiger partial charge in [-0.3, -0.25) is 4.79 Å². The molecule has 0 atom stereocenters. The van der Waals surface area contributed by atoms with E-state index in [1.54, 1.807) is 18.5 Å². The van der Waals surface area contributed by atoms with Crippen LogP contribution < -0.4 is 6.15 Å². The number of rotatable bonds is 0. The van der Waals surface area contributed by atoms with E-state index in [-0.39, 0.29) is 6.15 Å². The molecule has 1 heterocycles. The second-order valence-corrected chi connectivity index (χ2v) is 1.82. The second-order valence-electron chi connectivity index (χ2n) is 1.82. The zero-order valence-electron chi connectivity index (χ0n) is 7.19. The van der Waals surface area contributed by atoms with E-state index >= 15 is 0 Å². The van der Waals surface area contributed by atoms with Gasteiger partial charge in [0, 0.05) is 19.3 Å². The Balaban J connectivity index is 0. The van der Waals surface area contributed by atoms with Crippen molar-refractivity contribution in [3.8, 4) is 0 Å². The van der Waals surface area contributed by atoms with Crippen molar-refractivity contribution < 1.29 is 9.90 Å². The van der Waals surface area contributed by atoms with Crippen molar-refractivity contribution in [2.45, 2.75) is 13.8 Å². The van der Waals surface area contributed by atoms with Gasteiger partial charge >= 0.3 is 0 Å². The van der Waals surface area contributed by atoms with Crippen LogP contribution in [-0.4, -0.2) is 21.0 Å². The Morgan fingerprint density at radius 1 is 1.42 bits per heavy atom. The molecule has 0 radical (unpaired) electrons. The summed E-state index contributed by atoms with van der Waals surface area (Å²) in [6.45, 7) is 2.94. The predicted molar refractivity (Wildman–Crippen MR) is 45.1 cm³/mol. The minimum Gasteiger partial charge on any atom is -0.481 e. The molecule has 0 aliphatic heterocycles. The van der Waals surface area contributed by atoms with Crippen LogP contribution in [0.5, 0.6) is 0 Å². The summed E-state index contributed by atoms with van der Waals surface area (Å²) in [6.07, 6.45) is 3.45. The third-order valence-corrected chi connectivity index (χ3v) is 0.695. The van der Waals surface area contributed by atoms with Gasteiger partial charge in [0.05, 0.1) is 0 Å². The molecule has 1 aromatic rings. The summed E-state index contributed by atoms with van der Waals surface area (Å²) in [5, 5.41) is 7.42. The summed E-state index contributed by atoms with van der Waals surface area (Å²) in [4.78, 5) is 16.7. The fourth-order valence-corrected chi connectivity index (χ4v) is 0.374. The molecule has 1 rings (SSSR count). The number of carboxylic acids is 1. The van der Waals surface area contributed by atoms with Gasteiger partial charge < -0.3 is 11.3 Å². The van der Waals surface area contributed by atoms with E-state index in [0.29, 0.717) is 0 Å². The first-order chi connectivity index (χ1) is 5.13. The molecule has 4 N–H and O–H groups in total. The zero-order chi connectivity index (χ0) is 8.69. The van der Waals surface area contributed by atoms with E-state index in [9.17, 15) is 0 Å². The van der Waals surface area contributed by atoms with Crippen molar-refractivity contribution >= 4 is 5.97 Å². The molecule has 0 saturated carbocycles. The van der Waals surface area contributed by atoms with Crippen molar-refractivity contribution in [1.29, 1.82) is 0 Å². The first kappa shape index (κ1) is 13.1. The van der Waals surface area contributed by atoms with Gasteiger partial charge in [-0.2, -0.15) is 0 Å². The minimum absolute atomic E-state index is 0. The van der Waals surface area contributed by atoms with E-state index in [2.05, 4.69) is 9.97 Å². The Morgan fingerprint density at radius 3 is 1.92 bits per heavy atom. The Labute approximate surface area is 71.1 Å². The third-order valence-electron chi connectivity index (χ3n) is 0.695. The van der Waals surface area contributed by atoms with Gasteiger partial charge in [0.15, 0.2) is 0 Å². The van der Waals surface area contributed by atoms with Crippen molar-refractivity contribution in [2.75, 3.05) is 0 Å². The van der Waals surface area contributed by atoms with Gasteiger partial charge in [0.2, 0.25) is 0 Å². The minimum atomic E-state index is -0.833. The number of nitrogens with zero attached hydrogens (tertiary/aromatic N) is 2. The van der Waals surface area contributed by atoms with Gasteiger partial charge in [0.25, 0.3) is 5.97 Å². The lowest BCUT2D eigenvalue weighted by Crippen LogP contribution is -1.80. The molecule has 5 heteroatoms. The average molecular weight is 171 g/mol. The summed E-state index contributed by atoms with van der Waals surface area (Å²) in [5.74, 6) is -0.0116. The topological polar surface area (TPSA) is 98.1 Å². The van der Waals surface area contributed by atoms with Gasteiger partial charge in [-0.15, -0.1) is 0 Å². The second kappa shape index (κ2) is 7.62. The quantitative estimate of drug-likeness (QED) is 0.607. The molecule has 0 aliphatic rings. The Morgan fingerprint density at radius 2 is 1.75 bits per heavy atom. The molecule has 0 saturated heterocycles. The Kier molecular flexibility index (Phi) is 8.33. The lowest BCUT2D eigenvalue weighted by molar-refractivity contribution is -0.134. The highest BCUT2D eigenvalue weighted by molar-refractivity contribution is 5.62. The molecule has 0 spiro atoms. The van der Waals surface area contributed by atoms with Crippen LogP contribution in [0.25, 0.3) is 0 Å². The maximum atomic E-state index is 9.00. The van der Waals surface area contributed by atoms with Gasteiger partial charge in [0.1, 0.15) is 5.82 Å². The molecule has 5 nitrogen and oxygen atoms in total. The standard InChI is InChI=1S/C5H6N2.C2H4O2.H3N/c1-5-6-3-2-4-7-5;1-2(3)4;/h2-4H,1H3;1H3,(H,3,4);1H3. The molecule has 0 unspecified atom stereocenters. The first-order valence-corrected chi connectivity index (χ1v) is 3.06. The normalized spacial score (nSPS) is 7.17. The SMILES string of the molecule is CC(=O)O.Cc1ncccn1.N. The molecule has 0 aliphatic carbocycles. The van der Waals surface area contributed by atoms with E-state index < -0.39 is 5.97 Å². The number of aromatic nitrogens is 2. The largest absolute Gasteiger partial charge is 0.481 e. The molecule has 0 amide bonds. The summed E-state index contributed by atoms with van der Waals surface area (Å²) in [6, 6.07) is 1.80. The zero-order valence-corrected chi connectivity index (χ0v) is 7.19. The molecule has 0 fully saturated rings. The summed E-state index contributed by atoms with van der Waals surface area (Å²) in [7, 11) is 0. The highest BCUT2D eigenvalue weighted by atomic mass is 16.4. The lowest BCUT2D eigenvalue weighted by Gasteiger charge is -1.81. The van der Waals surface area contributed by atoms with Crippen molar-refractivity contribution in [1.82, 2.24) is 16.1 Å². The van der Waals surface area contributed by atoms with Crippen LogP contribution in [0.3, 0.4) is 0 Å². The highest BCUT2D eigenvalue weighted by Gasteiger charge is 1.74. The first-order valence-electron chi connectivity index (χ1n) is 3.06. The summed E-state index contributed by atoms with van der Waals surface area (Å²) < 4.78 is 0. The maximum Gasteiger partial charge on any atom is 0.300 e. The third kappa shape index (κ3) is 11.3. The number of hydrogen-bond donors (Lipinski definition) is 2. The summed E-state index contributed by atoms with van der Waals surface area (Å²) in [5.41, 5.74) is 0. The molecule has 12 heavy (non-hydrogen) atoms. The number of aliphatic carboxylic acids is 1. The maximum absolute atomic E-state index is 9.00. The van der Waals surface area contributed by atoms with Crippen LogP contribution in [0.1, 0.15) is 12.7 Å². The highest BCUT2D eigenvalue weighted by Crippen LogP contribution is 1.78. The number of carboxylic acid groups (broad SMARTS) is 1. The number of aryl methyl sites for hydroxylation is 1. The van der Waals surface area contributed by atoms with E-state index in [1.165, 1.54) is 0 Å². The Bertz CT molecular complexity index is 209. The van der Waals surface area contributed by atoms with E-state index in [4.69, 9.17) is 9.90 Å². The van der Waals surface area contributed by atoms with E-state index in [0.717, 1.165) is 12.7 Å². The lowest BCUT2D eigenvalue weighted by atomic mass is 10.6. The Hall–Kier alpha value is -1.49. The molecule has 0 bridgehead atoms. The van der Waals surface area contributed by atoms with Gasteiger partial charge in [-0.1, -0.05) is 0 Å². The van der Waals surface area contributed by atoms with Gasteiger partial charge in [-0.05, 0) is 13.0 Å². The van der Waals surface area contributed by atoms with Crippen LogP contribution in [0.4, 0.5) is 0 Å². The van der Waals surface area contributed by atoms with Gasteiger partial charge in [-0.25, -0.2) is 9.97 Å². The fourth-order valence-electron chi connectivity index (χ4n) is 0.374. The predicted octanol–water partition coefficient (Wildman–Crippen LogP) is 1.04. The molecule has 68 valence electrons. The van der Waals surface area contributed by atoms with Crippen LogP contribution in [0.15, 0.2) is 18.5 Å². The number of carbonyl (C=O) groups is 1.